The predicted molar refractivity (Wildman–Crippen MR) is 111 cm³/mol. The third-order valence-electron chi connectivity index (χ3n) is 3.90. The molecule has 0 fully saturated rings. The fourth-order valence-electron chi connectivity index (χ4n) is 2.40. The van der Waals surface area contributed by atoms with E-state index >= 15 is 0 Å². The number of benzene rings is 3. The normalized spacial score (nSPS) is 10.6. The van der Waals surface area contributed by atoms with Gasteiger partial charge in [0.15, 0.2) is 0 Å². The summed E-state index contributed by atoms with van der Waals surface area (Å²) in [4.78, 5) is 24.2. The standard InChI is InChI=1S/C22H17ClN2O4/c1-28-18-6-4-5-16(13-18)21(26)25-24-14-15-9-11-17(12-10-15)29-22(27)19-7-2-3-8-20(19)23/h2-14H,1H3,(H,25,26)/b24-14+. The first-order valence-corrected chi connectivity index (χ1v) is 8.99. The highest BCUT2D eigenvalue weighted by atomic mass is 35.5. The van der Waals surface area contributed by atoms with Crippen LogP contribution in [-0.2, 0) is 0 Å². The third kappa shape index (κ3) is 5.43. The zero-order valence-corrected chi connectivity index (χ0v) is 16.2. The first kappa shape index (κ1) is 20.1. The van der Waals surface area contributed by atoms with Crippen molar-refractivity contribution in [2.24, 2.45) is 5.10 Å². The predicted octanol–water partition coefficient (Wildman–Crippen LogP) is 4.33. The molecule has 6 nitrogen and oxygen atoms in total. The smallest absolute Gasteiger partial charge is 0.345 e. The van der Waals surface area contributed by atoms with Crippen LogP contribution in [0.1, 0.15) is 26.3 Å². The van der Waals surface area contributed by atoms with E-state index in [1.165, 1.54) is 13.3 Å². The van der Waals surface area contributed by atoms with Gasteiger partial charge in [-0.15, -0.1) is 0 Å². The Labute approximate surface area is 172 Å². The Bertz CT molecular complexity index is 1050. The molecule has 0 radical (unpaired) electrons. The highest BCUT2D eigenvalue weighted by Crippen LogP contribution is 2.19. The molecule has 0 atom stereocenters. The quantitative estimate of drug-likeness (QED) is 0.285. The van der Waals surface area contributed by atoms with Crippen LogP contribution in [0.5, 0.6) is 11.5 Å². The van der Waals surface area contributed by atoms with Crippen molar-refractivity contribution in [3.8, 4) is 11.5 Å². The van der Waals surface area contributed by atoms with Gasteiger partial charge in [0.2, 0.25) is 0 Å². The van der Waals surface area contributed by atoms with E-state index in [0.29, 0.717) is 33.2 Å². The second-order valence-electron chi connectivity index (χ2n) is 5.87. The van der Waals surface area contributed by atoms with Crippen molar-refractivity contribution in [3.63, 3.8) is 0 Å². The maximum atomic E-state index is 12.2. The van der Waals surface area contributed by atoms with E-state index in [2.05, 4.69) is 10.5 Å². The molecule has 0 spiro atoms. The van der Waals surface area contributed by atoms with Gasteiger partial charge < -0.3 is 9.47 Å². The van der Waals surface area contributed by atoms with Crippen LogP contribution in [0.15, 0.2) is 77.9 Å². The van der Waals surface area contributed by atoms with Crippen molar-refractivity contribution in [2.75, 3.05) is 7.11 Å². The Morgan fingerprint density at radius 3 is 2.45 bits per heavy atom. The zero-order valence-electron chi connectivity index (χ0n) is 15.5. The summed E-state index contributed by atoms with van der Waals surface area (Å²) in [7, 11) is 1.53. The molecule has 0 heterocycles. The second-order valence-corrected chi connectivity index (χ2v) is 6.28. The molecule has 0 aliphatic carbocycles. The largest absolute Gasteiger partial charge is 0.497 e. The molecule has 7 heteroatoms. The second kappa shape index (κ2) is 9.52. The maximum Gasteiger partial charge on any atom is 0.345 e. The van der Waals surface area contributed by atoms with Crippen LogP contribution in [0, 0.1) is 0 Å². The van der Waals surface area contributed by atoms with E-state index < -0.39 is 5.97 Å². The molecule has 0 aliphatic heterocycles. The molecule has 0 aromatic heterocycles. The van der Waals surface area contributed by atoms with Crippen molar-refractivity contribution >= 4 is 29.7 Å². The maximum absolute atomic E-state index is 12.2. The van der Waals surface area contributed by atoms with Crippen molar-refractivity contribution in [3.05, 3.63) is 94.5 Å². The van der Waals surface area contributed by atoms with E-state index in [1.807, 2.05) is 0 Å². The number of methoxy groups -OCH3 is 1. The summed E-state index contributed by atoms with van der Waals surface area (Å²) in [6, 6.07) is 20.1. The number of halogens is 1. The van der Waals surface area contributed by atoms with E-state index in [4.69, 9.17) is 21.1 Å². The minimum atomic E-state index is -0.539. The lowest BCUT2D eigenvalue weighted by Crippen LogP contribution is -2.17. The number of hydrogen-bond acceptors (Lipinski definition) is 5. The molecule has 29 heavy (non-hydrogen) atoms. The van der Waals surface area contributed by atoms with Gasteiger partial charge in [0, 0.05) is 5.56 Å². The van der Waals surface area contributed by atoms with Gasteiger partial charge in [-0.3, -0.25) is 4.79 Å². The van der Waals surface area contributed by atoms with Crippen LogP contribution in [0.2, 0.25) is 5.02 Å². The Morgan fingerprint density at radius 2 is 1.72 bits per heavy atom. The van der Waals surface area contributed by atoms with Crippen LogP contribution in [0.3, 0.4) is 0 Å². The van der Waals surface area contributed by atoms with Gasteiger partial charge >= 0.3 is 5.97 Å². The number of nitrogens with zero attached hydrogens (tertiary/aromatic N) is 1. The zero-order chi connectivity index (χ0) is 20.6. The lowest BCUT2D eigenvalue weighted by atomic mass is 10.2. The van der Waals surface area contributed by atoms with Gasteiger partial charge in [-0.25, -0.2) is 10.2 Å². The SMILES string of the molecule is COc1cccc(C(=O)N/N=C/c2ccc(OC(=O)c3ccccc3Cl)cc2)c1. The number of hydrogen-bond donors (Lipinski definition) is 1. The highest BCUT2D eigenvalue weighted by molar-refractivity contribution is 6.33. The monoisotopic (exact) mass is 408 g/mol. The molecule has 1 N–H and O–H groups in total. The van der Waals surface area contributed by atoms with E-state index in [-0.39, 0.29) is 5.91 Å². The average Bonchev–Trinajstić information content (AvgIpc) is 2.75. The van der Waals surface area contributed by atoms with Gasteiger partial charge in [-0.05, 0) is 60.2 Å². The molecule has 3 aromatic rings. The molecule has 0 bridgehead atoms. The fraction of sp³-hybridized carbons (Fsp3) is 0.0455. The summed E-state index contributed by atoms with van der Waals surface area (Å²) >= 11 is 5.99. The summed E-state index contributed by atoms with van der Waals surface area (Å²) in [5.74, 6) is 0.0593. The summed E-state index contributed by atoms with van der Waals surface area (Å²) in [5, 5.41) is 4.26. The minimum absolute atomic E-state index is 0.292. The van der Waals surface area contributed by atoms with Gasteiger partial charge in [-0.2, -0.15) is 5.10 Å². The minimum Gasteiger partial charge on any atom is -0.497 e. The number of hydrazone groups is 1. The van der Waals surface area contributed by atoms with Gasteiger partial charge in [-0.1, -0.05) is 29.8 Å². The third-order valence-corrected chi connectivity index (χ3v) is 4.23. The van der Waals surface area contributed by atoms with Gasteiger partial charge in [0.05, 0.1) is 23.9 Å². The fourth-order valence-corrected chi connectivity index (χ4v) is 2.62. The lowest BCUT2D eigenvalue weighted by molar-refractivity contribution is 0.0734. The topological polar surface area (TPSA) is 77.0 Å². The van der Waals surface area contributed by atoms with Crippen molar-refractivity contribution in [2.45, 2.75) is 0 Å². The number of rotatable bonds is 6. The molecule has 0 unspecified atom stereocenters. The summed E-state index contributed by atoms with van der Waals surface area (Å²) in [6.45, 7) is 0. The first-order chi connectivity index (χ1) is 14.1. The van der Waals surface area contributed by atoms with Crippen LogP contribution in [0.25, 0.3) is 0 Å². The molecule has 3 aromatic carbocycles. The van der Waals surface area contributed by atoms with E-state index in [1.54, 1.807) is 72.8 Å². The van der Waals surface area contributed by atoms with Crippen molar-refractivity contribution in [1.82, 2.24) is 5.43 Å². The summed E-state index contributed by atoms with van der Waals surface area (Å²) in [5.41, 5.74) is 3.89. The van der Waals surface area contributed by atoms with E-state index in [9.17, 15) is 9.59 Å². The number of ether oxygens (including phenoxy) is 2. The number of carbonyl (C=O) groups excluding carboxylic acids is 2. The molecule has 0 saturated heterocycles. The average molecular weight is 409 g/mol. The molecule has 146 valence electrons. The van der Waals surface area contributed by atoms with Crippen molar-refractivity contribution < 1.29 is 19.1 Å². The molecular weight excluding hydrogens is 392 g/mol. The Hall–Kier alpha value is -3.64. The van der Waals surface area contributed by atoms with E-state index in [0.717, 1.165) is 0 Å². The van der Waals surface area contributed by atoms with Crippen LogP contribution in [0.4, 0.5) is 0 Å². The van der Waals surface area contributed by atoms with Crippen LogP contribution < -0.4 is 14.9 Å². The Kier molecular flexibility index (Phi) is 6.60. The molecule has 0 aliphatic rings. The summed E-state index contributed by atoms with van der Waals surface area (Å²) < 4.78 is 10.4. The lowest BCUT2D eigenvalue weighted by Gasteiger charge is -2.06. The van der Waals surface area contributed by atoms with Gasteiger partial charge in [0.25, 0.3) is 5.91 Å². The molecule has 3 rings (SSSR count). The summed E-state index contributed by atoms with van der Waals surface area (Å²) in [6.07, 6.45) is 1.48. The number of esters is 1. The molecule has 0 saturated carbocycles. The molecule has 1 amide bonds. The highest BCUT2D eigenvalue weighted by Gasteiger charge is 2.12. The van der Waals surface area contributed by atoms with Crippen LogP contribution >= 0.6 is 11.6 Å². The van der Waals surface area contributed by atoms with Crippen molar-refractivity contribution in [1.29, 1.82) is 0 Å². The Balaban J connectivity index is 1.58. The van der Waals surface area contributed by atoms with Crippen LogP contribution in [-0.4, -0.2) is 25.2 Å². The van der Waals surface area contributed by atoms with Gasteiger partial charge in [0.1, 0.15) is 11.5 Å². The Morgan fingerprint density at radius 1 is 0.966 bits per heavy atom. The number of amides is 1. The first-order valence-electron chi connectivity index (χ1n) is 8.61. The number of carbonyl (C=O) groups is 2. The molecular formula is C22H17ClN2O4. The number of nitrogens with one attached hydrogen (secondary N) is 1.